The standard InChI is InChI=1S/C10H10BrNO/c1-12-9(11)6-7-4-3-5-8(13-2)10(7)12/h3-6H,1-2H3. The van der Waals surface area contributed by atoms with Gasteiger partial charge in [-0.05, 0) is 28.1 Å². The van der Waals surface area contributed by atoms with Gasteiger partial charge in [-0.25, -0.2) is 0 Å². The molecule has 0 fully saturated rings. The molecule has 1 aromatic carbocycles. The number of halogens is 1. The number of methoxy groups -OCH3 is 1. The molecule has 2 rings (SSSR count). The molecule has 0 aliphatic heterocycles. The lowest BCUT2D eigenvalue weighted by atomic mass is 10.2. The molecule has 0 bridgehead atoms. The molecule has 0 radical (unpaired) electrons. The number of aryl methyl sites for hydroxylation is 1. The Morgan fingerprint density at radius 1 is 1.38 bits per heavy atom. The smallest absolute Gasteiger partial charge is 0.143 e. The van der Waals surface area contributed by atoms with Crippen LogP contribution in [0.1, 0.15) is 0 Å². The summed E-state index contributed by atoms with van der Waals surface area (Å²) in [6.45, 7) is 0. The highest BCUT2D eigenvalue weighted by Crippen LogP contribution is 2.29. The molecule has 2 aromatic rings. The van der Waals surface area contributed by atoms with Crippen LogP contribution < -0.4 is 4.74 Å². The van der Waals surface area contributed by atoms with Crippen LogP contribution in [0.15, 0.2) is 28.9 Å². The maximum Gasteiger partial charge on any atom is 0.143 e. The first-order valence-electron chi connectivity index (χ1n) is 4.02. The van der Waals surface area contributed by atoms with E-state index in [0.717, 1.165) is 15.9 Å². The number of ether oxygens (including phenoxy) is 1. The van der Waals surface area contributed by atoms with Crippen molar-refractivity contribution >= 4 is 26.8 Å². The molecular weight excluding hydrogens is 230 g/mol. The molecule has 0 aliphatic rings. The fourth-order valence-corrected chi connectivity index (χ4v) is 1.94. The van der Waals surface area contributed by atoms with Gasteiger partial charge in [-0.1, -0.05) is 12.1 Å². The minimum atomic E-state index is 0.908. The molecule has 3 heteroatoms. The van der Waals surface area contributed by atoms with Gasteiger partial charge in [0.05, 0.1) is 17.2 Å². The molecular formula is C10H10BrNO. The summed E-state index contributed by atoms with van der Waals surface area (Å²) in [4.78, 5) is 0. The van der Waals surface area contributed by atoms with Gasteiger partial charge in [0.15, 0.2) is 0 Å². The van der Waals surface area contributed by atoms with Gasteiger partial charge in [0.25, 0.3) is 0 Å². The van der Waals surface area contributed by atoms with Crippen molar-refractivity contribution < 1.29 is 4.74 Å². The summed E-state index contributed by atoms with van der Waals surface area (Å²) < 4.78 is 8.41. The molecule has 1 aromatic heterocycles. The largest absolute Gasteiger partial charge is 0.495 e. The van der Waals surface area contributed by atoms with Crippen molar-refractivity contribution in [2.75, 3.05) is 7.11 Å². The van der Waals surface area contributed by atoms with E-state index in [1.165, 1.54) is 5.39 Å². The van der Waals surface area contributed by atoms with E-state index in [0.29, 0.717) is 0 Å². The SMILES string of the molecule is COc1cccc2cc(Br)n(C)c12. The zero-order valence-electron chi connectivity index (χ0n) is 7.54. The Bertz CT molecular complexity index is 447. The molecule has 0 unspecified atom stereocenters. The van der Waals surface area contributed by atoms with Crippen LogP contribution in [0.2, 0.25) is 0 Å². The van der Waals surface area contributed by atoms with E-state index in [4.69, 9.17) is 4.74 Å². The lowest BCUT2D eigenvalue weighted by molar-refractivity contribution is 0.418. The molecule has 0 amide bonds. The number of fused-ring (bicyclic) bond motifs is 1. The minimum absolute atomic E-state index is 0.908. The molecule has 68 valence electrons. The first kappa shape index (κ1) is 8.63. The van der Waals surface area contributed by atoms with Gasteiger partial charge in [0.2, 0.25) is 0 Å². The Balaban J connectivity index is 2.87. The summed E-state index contributed by atoms with van der Waals surface area (Å²) in [6.07, 6.45) is 0. The predicted octanol–water partition coefficient (Wildman–Crippen LogP) is 2.95. The summed E-state index contributed by atoms with van der Waals surface area (Å²) in [5, 5.41) is 1.19. The van der Waals surface area contributed by atoms with Gasteiger partial charge in [-0.2, -0.15) is 0 Å². The highest BCUT2D eigenvalue weighted by molar-refractivity contribution is 9.10. The van der Waals surface area contributed by atoms with Crippen molar-refractivity contribution in [3.63, 3.8) is 0 Å². The van der Waals surface area contributed by atoms with Crippen molar-refractivity contribution in [1.29, 1.82) is 0 Å². The Labute approximate surface area is 85.2 Å². The van der Waals surface area contributed by atoms with Crippen molar-refractivity contribution in [2.45, 2.75) is 0 Å². The summed E-state index contributed by atoms with van der Waals surface area (Å²) in [5.41, 5.74) is 1.12. The summed E-state index contributed by atoms with van der Waals surface area (Å²) in [5.74, 6) is 0.908. The van der Waals surface area contributed by atoms with Crippen LogP contribution in [-0.2, 0) is 7.05 Å². The van der Waals surface area contributed by atoms with Gasteiger partial charge >= 0.3 is 0 Å². The van der Waals surface area contributed by atoms with E-state index in [-0.39, 0.29) is 0 Å². The lowest BCUT2D eigenvalue weighted by Crippen LogP contribution is -1.91. The highest BCUT2D eigenvalue weighted by atomic mass is 79.9. The van der Waals surface area contributed by atoms with Gasteiger partial charge in [0.1, 0.15) is 5.75 Å². The monoisotopic (exact) mass is 239 g/mol. The average Bonchev–Trinajstić information content (AvgIpc) is 2.43. The van der Waals surface area contributed by atoms with Gasteiger partial charge in [0, 0.05) is 12.4 Å². The second-order valence-electron chi connectivity index (χ2n) is 2.92. The number of hydrogen-bond donors (Lipinski definition) is 0. The first-order chi connectivity index (χ1) is 6.24. The second-order valence-corrected chi connectivity index (χ2v) is 3.74. The van der Waals surface area contributed by atoms with Gasteiger partial charge < -0.3 is 9.30 Å². The number of aromatic nitrogens is 1. The van der Waals surface area contributed by atoms with E-state index in [1.807, 2.05) is 19.2 Å². The number of hydrogen-bond acceptors (Lipinski definition) is 1. The summed E-state index contributed by atoms with van der Waals surface area (Å²) in [6, 6.07) is 8.11. The van der Waals surface area contributed by atoms with Gasteiger partial charge in [-0.3, -0.25) is 0 Å². The maximum absolute atomic E-state index is 5.28. The second kappa shape index (κ2) is 3.07. The van der Waals surface area contributed by atoms with E-state index < -0.39 is 0 Å². The Hall–Kier alpha value is -0.960. The van der Waals surface area contributed by atoms with Crippen LogP contribution >= 0.6 is 15.9 Å². The normalized spacial score (nSPS) is 10.7. The molecule has 1 heterocycles. The molecule has 0 atom stereocenters. The Morgan fingerprint density at radius 3 is 2.85 bits per heavy atom. The zero-order valence-corrected chi connectivity index (χ0v) is 9.13. The van der Waals surface area contributed by atoms with Crippen LogP contribution in [-0.4, -0.2) is 11.7 Å². The van der Waals surface area contributed by atoms with Crippen LogP contribution in [0.4, 0.5) is 0 Å². The third-order valence-corrected chi connectivity index (χ3v) is 2.94. The van der Waals surface area contributed by atoms with Crippen LogP contribution in [0.3, 0.4) is 0 Å². The molecule has 0 aliphatic carbocycles. The maximum atomic E-state index is 5.28. The highest BCUT2D eigenvalue weighted by Gasteiger charge is 2.07. The van der Waals surface area contributed by atoms with Crippen LogP contribution in [0.25, 0.3) is 10.9 Å². The number of para-hydroxylation sites is 1. The zero-order chi connectivity index (χ0) is 9.42. The topological polar surface area (TPSA) is 14.2 Å². The fourth-order valence-electron chi connectivity index (χ4n) is 1.51. The first-order valence-corrected chi connectivity index (χ1v) is 4.81. The third kappa shape index (κ3) is 1.23. The number of benzene rings is 1. The Morgan fingerprint density at radius 2 is 2.15 bits per heavy atom. The third-order valence-electron chi connectivity index (χ3n) is 2.18. The molecule has 2 nitrogen and oxygen atoms in total. The quantitative estimate of drug-likeness (QED) is 0.747. The van der Waals surface area contributed by atoms with Crippen molar-refractivity contribution in [3.8, 4) is 5.75 Å². The summed E-state index contributed by atoms with van der Waals surface area (Å²) >= 11 is 3.48. The molecule has 0 N–H and O–H groups in total. The van der Waals surface area contributed by atoms with E-state index >= 15 is 0 Å². The lowest BCUT2D eigenvalue weighted by Gasteiger charge is -2.04. The van der Waals surface area contributed by atoms with Crippen molar-refractivity contribution in [3.05, 3.63) is 28.9 Å². The number of nitrogens with zero attached hydrogens (tertiary/aromatic N) is 1. The van der Waals surface area contributed by atoms with E-state index in [2.05, 4.69) is 32.6 Å². The molecule has 13 heavy (non-hydrogen) atoms. The fraction of sp³-hybridized carbons (Fsp3) is 0.200. The molecule has 0 saturated heterocycles. The summed E-state index contributed by atoms with van der Waals surface area (Å²) in [7, 11) is 3.70. The molecule has 0 spiro atoms. The number of rotatable bonds is 1. The Kier molecular flexibility index (Phi) is 2.04. The van der Waals surface area contributed by atoms with E-state index in [1.54, 1.807) is 7.11 Å². The van der Waals surface area contributed by atoms with Crippen molar-refractivity contribution in [1.82, 2.24) is 4.57 Å². The predicted molar refractivity (Wildman–Crippen MR) is 57.2 cm³/mol. The molecule has 0 saturated carbocycles. The van der Waals surface area contributed by atoms with Crippen LogP contribution in [0, 0.1) is 0 Å². The average molecular weight is 240 g/mol. The van der Waals surface area contributed by atoms with Gasteiger partial charge in [-0.15, -0.1) is 0 Å². The van der Waals surface area contributed by atoms with Crippen molar-refractivity contribution in [2.24, 2.45) is 7.05 Å². The van der Waals surface area contributed by atoms with E-state index in [9.17, 15) is 0 Å². The van der Waals surface area contributed by atoms with Crippen LogP contribution in [0.5, 0.6) is 5.75 Å². The minimum Gasteiger partial charge on any atom is -0.495 e.